The number of carbonyl (C=O) groups excluding carboxylic acids is 1. The van der Waals surface area contributed by atoms with Crippen LogP contribution in [0.1, 0.15) is 50.0 Å². The second-order valence-electron chi connectivity index (χ2n) is 10.00. The van der Waals surface area contributed by atoms with E-state index < -0.39 is 0 Å². The summed E-state index contributed by atoms with van der Waals surface area (Å²) in [5, 5.41) is 5.73. The zero-order chi connectivity index (χ0) is 25.1. The molecule has 1 saturated heterocycles. The van der Waals surface area contributed by atoms with Crippen molar-refractivity contribution < 1.29 is 13.9 Å². The highest BCUT2D eigenvalue weighted by atomic mass is 19.1. The Kier molecular flexibility index (Phi) is 7.46. The first-order valence-corrected chi connectivity index (χ1v) is 13.1. The average Bonchev–Trinajstić information content (AvgIpc) is 3.05. The van der Waals surface area contributed by atoms with E-state index in [1.807, 2.05) is 16.5 Å². The van der Waals surface area contributed by atoms with E-state index >= 15 is 0 Å². The number of benzene rings is 1. The summed E-state index contributed by atoms with van der Waals surface area (Å²) in [6, 6.07) is 6.36. The van der Waals surface area contributed by atoms with Crippen molar-refractivity contribution in [3.05, 3.63) is 41.6 Å². The largest absolute Gasteiger partial charge is 0.375 e. The summed E-state index contributed by atoms with van der Waals surface area (Å²) >= 11 is 0. The van der Waals surface area contributed by atoms with Gasteiger partial charge in [0, 0.05) is 39.7 Å². The first-order valence-electron chi connectivity index (χ1n) is 13.1. The monoisotopic (exact) mass is 494 g/mol. The molecular formula is C27H35FN6O2. The molecule has 1 saturated carbocycles. The lowest BCUT2D eigenvalue weighted by Crippen LogP contribution is -2.37. The van der Waals surface area contributed by atoms with Gasteiger partial charge in [-0.2, -0.15) is 5.10 Å². The molecule has 2 aliphatic rings. The van der Waals surface area contributed by atoms with Gasteiger partial charge in [0.15, 0.2) is 5.65 Å². The third-order valence-electron chi connectivity index (χ3n) is 7.41. The Bertz CT molecular complexity index is 1210. The van der Waals surface area contributed by atoms with Crippen molar-refractivity contribution in [3.8, 4) is 5.69 Å². The highest BCUT2D eigenvalue weighted by Gasteiger charge is 2.26. The standard InChI is InChI=1S/C27H35FN6O2/c1-19-25-26(33-14-6-13-32(15-16-33)24(35)18-36-2)29-23(17-20-7-4-3-5-8-20)30-27(25)34(31-19)22-11-9-21(28)10-12-22/h9-12,20H,3-8,13-18H2,1-2H3. The van der Waals surface area contributed by atoms with Crippen molar-refractivity contribution in [1.82, 2.24) is 24.6 Å². The van der Waals surface area contributed by atoms with E-state index in [4.69, 9.17) is 19.8 Å². The van der Waals surface area contributed by atoms with Crippen LogP contribution in [-0.2, 0) is 16.0 Å². The molecule has 0 unspecified atom stereocenters. The van der Waals surface area contributed by atoms with Crippen molar-refractivity contribution in [2.75, 3.05) is 44.8 Å². The van der Waals surface area contributed by atoms with Gasteiger partial charge in [-0.3, -0.25) is 4.79 Å². The number of aryl methyl sites for hydroxylation is 1. The van der Waals surface area contributed by atoms with Crippen LogP contribution < -0.4 is 4.90 Å². The lowest BCUT2D eigenvalue weighted by atomic mass is 9.87. The fraction of sp³-hybridized carbons (Fsp3) is 0.556. The summed E-state index contributed by atoms with van der Waals surface area (Å²) in [6.45, 7) is 4.89. The molecule has 192 valence electrons. The topological polar surface area (TPSA) is 76.4 Å². The number of hydrogen-bond acceptors (Lipinski definition) is 6. The molecule has 2 fully saturated rings. The fourth-order valence-corrected chi connectivity index (χ4v) is 5.53. The van der Waals surface area contributed by atoms with Crippen LogP contribution in [0.2, 0.25) is 0 Å². The molecule has 36 heavy (non-hydrogen) atoms. The molecule has 2 aromatic heterocycles. The van der Waals surface area contributed by atoms with Crippen molar-refractivity contribution in [1.29, 1.82) is 0 Å². The molecule has 0 N–H and O–H groups in total. The van der Waals surface area contributed by atoms with Gasteiger partial charge >= 0.3 is 0 Å². The lowest BCUT2D eigenvalue weighted by molar-refractivity contribution is -0.134. The lowest BCUT2D eigenvalue weighted by Gasteiger charge is -2.25. The van der Waals surface area contributed by atoms with Crippen LogP contribution in [0, 0.1) is 18.7 Å². The van der Waals surface area contributed by atoms with Gasteiger partial charge in [-0.05, 0) is 43.5 Å². The Morgan fingerprint density at radius 1 is 1.03 bits per heavy atom. The fourth-order valence-electron chi connectivity index (χ4n) is 5.53. The first kappa shape index (κ1) is 24.6. The molecule has 0 radical (unpaired) electrons. The smallest absolute Gasteiger partial charge is 0.248 e. The van der Waals surface area contributed by atoms with Crippen LogP contribution in [0.15, 0.2) is 24.3 Å². The maximum absolute atomic E-state index is 13.6. The number of rotatable bonds is 6. The van der Waals surface area contributed by atoms with Crippen LogP contribution in [0.5, 0.6) is 0 Å². The summed E-state index contributed by atoms with van der Waals surface area (Å²) in [5.74, 6) is 2.06. The van der Waals surface area contributed by atoms with Gasteiger partial charge in [0.05, 0.1) is 16.8 Å². The van der Waals surface area contributed by atoms with Gasteiger partial charge in [0.1, 0.15) is 24.1 Å². The molecule has 5 rings (SSSR count). The Balaban J connectivity index is 1.54. The molecular weight excluding hydrogens is 459 g/mol. The second kappa shape index (κ2) is 10.9. The molecule has 3 aromatic rings. The van der Waals surface area contributed by atoms with E-state index in [0.29, 0.717) is 25.6 Å². The zero-order valence-corrected chi connectivity index (χ0v) is 21.2. The summed E-state index contributed by atoms with van der Waals surface area (Å²) in [6.07, 6.45) is 7.98. The predicted molar refractivity (Wildman–Crippen MR) is 137 cm³/mol. The van der Waals surface area contributed by atoms with Crippen molar-refractivity contribution >= 4 is 22.8 Å². The van der Waals surface area contributed by atoms with Gasteiger partial charge < -0.3 is 14.5 Å². The van der Waals surface area contributed by atoms with E-state index in [9.17, 15) is 9.18 Å². The highest BCUT2D eigenvalue weighted by molar-refractivity contribution is 5.91. The van der Waals surface area contributed by atoms with Gasteiger partial charge in [0.25, 0.3) is 0 Å². The minimum Gasteiger partial charge on any atom is -0.375 e. The SMILES string of the molecule is COCC(=O)N1CCCN(c2nc(CC3CCCCC3)nc3c2c(C)nn3-c2ccc(F)cc2)CC1. The number of hydrogen-bond donors (Lipinski definition) is 0. The van der Waals surface area contributed by atoms with E-state index in [1.54, 1.807) is 19.2 Å². The summed E-state index contributed by atoms with van der Waals surface area (Å²) < 4.78 is 20.5. The number of carbonyl (C=O) groups is 1. The molecule has 1 aliphatic carbocycles. The van der Waals surface area contributed by atoms with E-state index in [2.05, 4.69) is 4.90 Å². The van der Waals surface area contributed by atoms with Gasteiger partial charge in [-0.1, -0.05) is 32.1 Å². The molecule has 9 heteroatoms. The maximum atomic E-state index is 13.6. The minimum atomic E-state index is -0.280. The second-order valence-corrected chi connectivity index (χ2v) is 10.00. The number of methoxy groups -OCH3 is 1. The van der Waals surface area contributed by atoms with Crippen LogP contribution in [0.25, 0.3) is 16.7 Å². The number of fused-ring (bicyclic) bond motifs is 1. The summed E-state index contributed by atoms with van der Waals surface area (Å²) in [7, 11) is 1.55. The molecule has 3 heterocycles. The molecule has 0 spiro atoms. The Morgan fingerprint density at radius 3 is 2.56 bits per heavy atom. The van der Waals surface area contributed by atoms with Crippen LogP contribution in [0.3, 0.4) is 0 Å². The van der Waals surface area contributed by atoms with Crippen molar-refractivity contribution in [3.63, 3.8) is 0 Å². The average molecular weight is 495 g/mol. The van der Waals surface area contributed by atoms with E-state index in [0.717, 1.165) is 53.4 Å². The maximum Gasteiger partial charge on any atom is 0.248 e. The molecule has 1 aliphatic heterocycles. The molecule has 8 nitrogen and oxygen atoms in total. The normalized spacial score (nSPS) is 17.5. The Labute approximate surface area is 211 Å². The number of aromatic nitrogens is 4. The predicted octanol–water partition coefficient (Wildman–Crippen LogP) is 4.07. The molecule has 0 bridgehead atoms. The molecule has 0 atom stereocenters. The Hall–Kier alpha value is -3.07. The van der Waals surface area contributed by atoms with Gasteiger partial charge in [-0.15, -0.1) is 0 Å². The van der Waals surface area contributed by atoms with Crippen molar-refractivity contribution in [2.45, 2.75) is 51.9 Å². The summed E-state index contributed by atoms with van der Waals surface area (Å²) in [4.78, 5) is 26.7. The molecule has 1 amide bonds. The summed E-state index contributed by atoms with van der Waals surface area (Å²) in [5.41, 5.74) is 2.37. The highest BCUT2D eigenvalue weighted by Crippen LogP contribution is 2.32. The van der Waals surface area contributed by atoms with Crippen molar-refractivity contribution in [2.24, 2.45) is 5.92 Å². The zero-order valence-electron chi connectivity index (χ0n) is 21.2. The van der Waals surface area contributed by atoms with Crippen LogP contribution in [-0.4, -0.2) is 70.5 Å². The van der Waals surface area contributed by atoms with Crippen LogP contribution >= 0.6 is 0 Å². The first-order chi connectivity index (χ1) is 17.5. The van der Waals surface area contributed by atoms with Gasteiger partial charge in [0.2, 0.25) is 5.91 Å². The third kappa shape index (κ3) is 5.21. The van der Waals surface area contributed by atoms with E-state index in [-0.39, 0.29) is 18.3 Å². The Morgan fingerprint density at radius 2 is 1.81 bits per heavy atom. The van der Waals surface area contributed by atoms with E-state index in [1.165, 1.54) is 44.2 Å². The number of ether oxygens (including phenoxy) is 1. The van der Waals surface area contributed by atoms with Crippen LogP contribution in [0.4, 0.5) is 10.2 Å². The third-order valence-corrected chi connectivity index (χ3v) is 7.41. The number of halogens is 1. The van der Waals surface area contributed by atoms with Gasteiger partial charge in [-0.25, -0.2) is 19.0 Å². The quantitative estimate of drug-likeness (QED) is 0.514. The number of nitrogens with zero attached hydrogens (tertiary/aromatic N) is 6. The molecule has 1 aromatic carbocycles. The number of anilines is 1. The number of amides is 1. The minimum absolute atomic E-state index is 0.0190.